The molecule has 0 aliphatic rings. The van der Waals surface area contributed by atoms with Gasteiger partial charge >= 0.3 is 0 Å². The van der Waals surface area contributed by atoms with E-state index in [2.05, 4.69) is 20.9 Å². The van der Waals surface area contributed by atoms with Gasteiger partial charge in [0, 0.05) is 15.4 Å². The van der Waals surface area contributed by atoms with Crippen LogP contribution in [0.25, 0.3) is 10.6 Å². The summed E-state index contributed by atoms with van der Waals surface area (Å²) < 4.78 is 0.849. The summed E-state index contributed by atoms with van der Waals surface area (Å²) in [5.41, 5.74) is 1.69. The van der Waals surface area contributed by atoms with Crippen molar-refractivity contribution in [3.8, 4) is 10.6 Å². The zero-order valence-corrected chi connectivity index (χ0v) is 10.7. The van der Waals surface area contributed by atoms with Crippen LogP contribution in [0.5, 0.6) is 0 Å². The summed E-state index contributed by atoms with van der Waals surface area (Å²) in [5.74, 6) is 0. The van der Waals surface area contributed by atoms with Crippen LogP contribution in [-0.4, -0.2) is 10.1 Å². The average Bonchev–Trinajstić information content (AvgIpc) is 2.70. The molecule has 0 bridgehead atoms. The van der Waals surface area contributed by atoms with Crippen molar-refractivity contribution in [2.45, 2.75) is 6.61 Å². The number of nitrogens with zero attached hydrogens (tertiary/aromatic N) is 1. The average molecular weight is 305 g/mol. The Balaban J connectivity index is 2.40. The van der Waals surface area contributed by atoms with Gasteiger partial charge in [0.15, 0.2) is 0 Å². The van der Waals surface area contributed by atoms with Crippen molar-refractivity contribution in [3.63, 3.8) is 0 Å². The molecule has 1 N–H and O–H groups in total. The first kappa shape index (κ1) is 11.1. The first-order chi connectivity index (χ1) is 7.20. The van der Waals surface area contributed by atoms with Crippen molar-refractivity contribution in [2.75, 3.05) is 0 Å². The van der Waals surface area contributed by atoms with Crippen LogP contribution in [0.4, 0.5) is 0 Å². The number of hydrogen-bond acceptors (Lipinski definition) is 3. The third kappa shape index (κ3) is 2.39. The molecule has 0 unspecified atom stereocenters. The zero-order chi connectivity index (χ0) is 10.8. The van der Waals surface area contributed by atoms with Crippen molar-refractivity contribution in [1.82, 2.24) is 4.98 Å². The van der Waals surface area contributed by atoms with E-state index in [9.17, 15) is 0 Å². The Morgan fingerprint density at radius 2 is 2.27 bits per heavy atom. The second-order valence-electron chi connectivity index (χ2n) is 2.93. The van der Waals surface area contributed by atoms with Crippen LogP contribution < -0.4 is 0 Å². The molecule has 2 nitrogen and oxygen atoms in total. The summed E-state index contributed by atoms with van der Waals surface area (Å²) in [6.07, 6.45) is 0. The van der Waals surface area contributed by atoms with E-state index in [1.807, 2.05) is 23.6 Å². The van der Waals surface area contributed by atoms with Crippen molar-refractivity contribution < 1.29 is 5.11 Å². The Labute approximate surface area is 105 Å². The van der Waals surface area contributed by atoms with Gasteiger partial charge < -0.3 is 5.11 Å². The fourth-order valence-corrected chi connectivity index (χ4v) is 2.45. The van der Waals surface area contributed by atoms with Gasteiger partial charge in [0.25, 0.3) is 0 Å². The molecule has 1 heterocycles. The summed E-state index contributed by atoms with van der Waals surface area (Å²) in [5, 5.41) is 12.3. The summed E-state index contributed by atoms with van der Waals surface area (Å²) >= 11 is 10.8. The maximum absolute atomic E-state index is 8.91. The fourth-order valence-electron chi connectivity index (χ4n) is 1.14. The molecule has 0 radical (unpaired) electrons. The number of halogens is 2. The molecule has 5 heteroatoms. The lowest BCUT2D eigenvalue weighted by atomic mass is 10.2. The minimum atomic E-state index is -0.0226. The van der Waals surface area contributed by atoms with Gasteiger partial charge in [-0.15, -0.1) is 11.3 Å². The number of benzene rings is 1. The summed E-state index contributed by atoms with van der Waals surface area (Å²) in [4.78, 5) is 4.27. The van der Waals surface area contributed by atoms with Crippen LogP contribution in [0.3, 0.4) is 0 Å². The molecule has 2 rings (SSSR count). The highest BCUT2D eigenvalue weighted by atomic mass is 79.9. The number of thiazole rings is 1. The van der Waals surface area contributed by atoms with Crippen molar-refractivity contribution in [3.05, 3.63) is 38.8 Å². The molecule has 0 saturated heterocycles. The Morgan fingerprint density at radius 3 is 2.87 bits per heavy atom. The maximum Gasteiger partial charge on any atom is 0.123 e. The minimum Gasteiger partial charge on any atom is -0.390 e. The van der Waals surface area contributed by atoms with Crippen LogP contribution >= 0.6 is 38.9 Å². The molecular formula is C10H7BrClNOS. The van der Waals surface area contributed by atoms with E-state index in [0.29, 0.717) is 10.7 Å². The molecule has 0 amide bonds. The highest BCUT2D eigenvalue weighted by molar-refractivity contribution is 9.10. The maximum atomic E-state index is 8.91. The predicted molar refractivity (Wildman–Crippen MR) is 66.2 cm³/mol. The molecule has 1 aromatic heterocycles. The molecule has 0 aliphatic heterocycles. The van der Waals surface area contributed by atoms with Gasteiger partial charge in [0.05, 0.1) is 17.3 Å². The molecule has 2 aromatic rings. The number of aromatic nitrogens is 1. The molecule has 0 saturated carbocycles. The third-order valence-corrected chi connectivity index (χ3v) is 4.03. The summed E-state index contributed by atoms with van der Waals surface area (Å²) in [6, 6.07) is 5.65. The van der Waals surface area contributed by atoms with E-state index in [1.54, 1.807) is 0 Å². The number of rotatable bonds is 2. The van der Waals surface area contributed by atoms with Crippen LogP contribution in [0.2, 0.25) is 5.02 Å². The van der Waals surface area contributed by atoms with Crippen LogP contribution in [0.15, 0.2) is 28.1 Å². The van der Waals surface area contributed by atoms with Crippen LogP contribution in [0.1, 0.15) is 5.69 Å². The van der Waals surface area contributed by atoms with Gasteiger partial charge in [-0.3, -0.25) is 0 Å². The van der Waals surface area contributed by atoms with Gasteiger partial charge in [-0.25, -0.2) is 4.98 Å². The highest BCUT2D eigenvalue weighted by Crippen LogP contribution is 2.30. The van der Waals surface area contributed by atoms with Gasteiger partial charge in [-0.05, 0) is 28.1 Å². The SMILES string of the molecule is OCc1csc(-c2ccc(Cl)c(Br)c2)n1. The zero-order valence-electron chi connectivity index (χ0n) is 7.58. The molecule has 0 atom stereocenters. The van der Waals surface area contributed by atoms with Gasteiger partial charge in [-0.1, -0.05) is 17.7 Å². The van der Waals surface area contributed by atoms with Crippen LogP contribution in [0, 0.1) is 0 Å². The van der Waals surface area contributed by atoms with E-state index in [0.717, 1.165) is 15.0 Å². The van der Waals surface area contributed by atoms with Crippen LogP contribution in [-0.2, 0) is 6.61 Å². The largest absolute Gasteiger partial charge is 0.390 e. The predicted octanol–water partition coefficient (Wildman–Crippen LogP) is 3.72. The second-order valence-corrected chi connectivity index (χ2v) is 5.05. The van der Waals surface area contributed by atoms with E-state index in [1.165, 1.54) is 11.3 Å². The Morgan fingerprint density at radius 1 is 1.47 bits per heavy atom. The summed E-state index contributed by atoms with van der Waals surface area (Å²) in [7, 11) is 0. The normalized spacial score (nSPS) is 10.6. The Bertz CT molecular complexity index is 486. The molecule has 1 aromatic carbocycles. The van der Waals surface area contributed by atoms with Gasteiger partial charge in [0.2, 0.25) is 0 Å². The van der Waals surface area contributed by atoms with Gasteiger partial charge in [0.1, 0.15) is 5.01 Å². The number of hydrogen-bond donors (Lipinski definition) is 1. The van der Waals surface area contributed by atoms with E-state index >= 15 is 0 Å². The summed E-state index contributed by atoms with van der Waals surface area (Å²) in [6.45, 7) is -0.0226. The Kier molecular flexibility index (Phi) is 3.41. The topological polar surface area (TPSA) is 33.1 Å². The van der Waals surface area contributed by atoms with Crippen molar-refractivity contribution >= 4 is 38.9 Å². The second kappa shape index (κ2) is 4.61. The number of aliphatic hydroxyl groups excluding tert-OH is 1. The lowest BCUT2D eigenvalue weighted by Gasteiger charge is -1.99. The molecule has 0 aliphatic carbocycles. The lowest BCUT2D eigenvalue weighted by Crippen LogP contribution is -1.82. The molecule has 15 heavy (non-hydrogen) atoms. The standard InChI is InChI=1S/C10H7BrClNOS/c11-8-3-6(1-2-9(8)12)10-13-7(4-14)5-15-10/h1-3,5,14H,4H2. The molecule has 0 fully saturated rings. The monoisotopic (exact) mass is 303 g/mol. The molecular weight excluding hydrogens is 298 g/mol. The first-order valence-corrected chi connectivity index (χ1v) is 6.26. The fraction of sp³-hybridized carbons (Fsp3) is 0.100. The minimum absolute atomic E-state index is 0.0226. The van der Waals surface area contributed by atoms with Gasteiger partial charge in [-0.2, -0.15) is 0 Å². The third-order valence-electron chi connectivity index (χ3n) is 1.88. The highest BCUT2D eigenvalue weighted by Gasteiger charge is 2.06. The first-order valence-electron chi connectivity index (χ1n) is 4.21. The quantitative estimate of drug-likeness (QED) is 0.917. The Hall–Kier alpha value is -0.420. The lowest BCUT2D eigenvalue weighted by molar-refractivity contribution is 0.278. The number of aliphatic hydroxyl groups is 1. The van der Waals surface area contributed by atoms with Crippen molar-refractivity contribution in [2.24, 2.45) is 0 Å². The van der Waals surface area contributed by atoms with E-state index < -0.39 is 0 Å². The van der Waals surface area contributed by atoms with E-state index in [4.69, 9.17) is 16.7 Å². The molecule has 0 spiro atoms. The molecule has 78 valence electrons. The van der Waals surface area contributed by atoms with E-state index in [-0.39, 0.29) is 6.61 Å². The smallest absolute Gasteiger partial charge is 0.123 e. The van der Waals surface area contributed by atoms with Crippen molar-refractivity contribution in [1.29, 1.82) is 0 Å².